The van der Waals surface area contributed by atoms with Gasteiger partial charge in [0.15, 0.2) is 0 Å². The van der Waals surface area contributed by atoms with Gasteiger partial charge in [-0.2, -0.15) is 0 Å². The van der Waals surface area contributed by atoms with Crippen LogP contribution in [0, 0.1) is 0 Å². The third-order valence-corrected chi connectivity index (χ3v) is 1.07. The van der Waals surface area contributed by atoms with E-state index >= 15 is 0 Å². The van der Waals surface area contributed by atoms with Crippen LogP contribution in [0.3, 0.4) is 0 Å². The molecule has 4 heteroatoms. The Morgan fingerprint density at radius 2 is 2.00 bits per heavy atom. The first-order chi connectivity index (χ1) is 4.62. The fourth-order valence-corrected chi connectivity index (χ4v) is 0.677. The molecule has 0 saturated heterocycles. The maximum Gasteiger partial charge on any atom is 0.270 e. The molecule has 1 N–H and O–H groups in total. The number of hydrogen-bond donors (Lipinski definition) is 1. The molecule has 0 aromatic heterocycles. The maximum absolute atomic E-state index is 9.06. The van der Waals surface area contributed by atoms with E-state index in [4.69, 9.17) is 26.2 Å². The van der Waals surface area contributed by atoms with Crippen LogP contribution in [0.1, 0.15) is 13.8 Å². The summed E-state index contributed by atoms with van der Waals surface area (Å²) in [5.41, 5.74) is 0. The standard InChI is InChI=1S/C6H13ClO3/c1-3-9-5-6(7,8)10-4-2/h8H,3-5H2,1-2H3. The van der Waals surface area contributed by atoms with Crippen LogP contribution in [0.15, 0.2) is 0 Å². The van der Waals surface area contributed by atoms with E-state index < -0.39 is 5.25 Å². The average molecular weight is 169 g/mol. The smallest absolute Gasteiger partial charge is 0.270 e. The van der Waals surface area contributed by atoms with Gasteiger partial charge < -0.3 is 14.6 Å². The minimum Gasteiger partial charge on any atom is -0.375 e. The second kappa shape index (κ2) is 4.91. The van der Waals surface area contributed by atoms with Crippen molar-refractivity contribution >= 4 is 11.6 Å². The first-order valence-electron chi connectivity index (χ1n) is 3.25. The molecule has 0 aliphatic heterocycles. The Bertz CT molecular complexity index is 85.1. The van der Waals surface area contributed by atoms with Crippen LogP contribution in [0.25, 0.3) is 0 Å². The maximum atomic E-state index is 9.06. The molecule has 3 nitrogen and oxygen atoms in total. The van der Waals surface area contributed by atoms with Gasteiger partial charge in [-0.15, -0.1) is 0 Å². The monoisotopic (exact) mass is 168 g/mol. The molecule has 0 heterocycles. The summed E-state index contributed by atoms with van der Waals surface area (Å²) in [6.07, 6.45) is 0. The van der Waals surface area contributed by atoms with E-state index in [0.717, 1.165) is 0 Å². The minimum absolute atomic E-state index is 0.00110. The zero-order chi connectivity index (χ0) is 8.04. The number of ether oxygens (including phenoxy) is 2. The normalized spacial score (nSPS) is 16.8. The molecule has 0 bridgehead atoms. The van der Waals surface area contributed by atoms with Crippen LogP contribution in [-0.4, -0.2) is 30.2 Å². The zero-order valence-electron chi connectivity index (χ0n) is 6.26. The minimum atomic E-state index is -1.65. The lowest BCUT2D eigenvalue weighted by Crippen LogP contribution is -2.31. The van der Waals surface area contributed by atoms with Crippen molar-refractivity contribution in [2.75, 3.05) is 19.8 Å². The van der Waals surface area contributed by atoms with Crippen LogP contribution in [0.5, 0.6) is 0 Å². The highest BCUT2D eigenvalue weighted by atomic mass is 35.5. The molecule has 0 radical (unpaired) electrons. The molecule has 0 saturated carbocycles. The Morgan fingerprint density at radius 1 is 1.40 bits per heavy atom. The van der Waals surface area contributed by atoms with Crippen molar-refractivity contribution in [3.63, 3.8) is 0 Å². The van der Waals surface area contributed by atoms with Crippen molar-refractivity contribution in [2.24, 2.45) is 0 Å². The van der Waals surface area contributed by atoms with E-state index in [9.17, 15) is 0 Å². The Morgan fingerprint density at radius 3 is 2.40 bits per heavy atom. The van der Waals surface area contributed by atoms with E-state index in [1.807, 2.05) is 6.92 Å². The Balaban J connectivity index is 3.42. The lowest BCUT2D eigenvalue weighted by molar-refractivity contribution is -0.168. The molecule has 0 aromatic rings. The van der Waals surface area contributed by atoms with Crippen LogP contribution < -0.4 is 0 Å². The summed E-state index contributed by atoms with van der Waals surface area (Å²) < 4.78 is 9.57. The molecular formula is C6H13ClO3. The Kier molecular flexibility index (Phi) is 4.99. The summed E-state index contributed by atoms with van der Waals surface area (Å²) >= 11 is 5.42. The highest BCUT2D eigenvalue weighted by molar-refractivity contribution is 6.21. The van der Waals surface area contributed by atoms with E-state index in [-0.39, 0.29) is 6.61 Å². The van der Waals surface area contributed by atoms with Gasteiger partial charge in [0.25, 0.3) is 5.25 Å². The van der Waals surface area contributed by atoms with Gasteiger partial charge in [-0.25, -0.2) is 0 Å². The van der Waals surface area contributed by atoms with Gasteiger partial charge in [0.05, 0.1) is 0 Å². The molecule has 1 atom stereocenters. The third kappa shape index (κ3) is 4.99. The van der Waals surface area contributed by atoms with Gasteiger partial charge in [0.2, 0.25) is 0 Å². The molecule has 62 valence electrons. The topological polar surface area (TPSA) is 38.7 Å². The molecule has 0 aromatic carbocycles. The summed E-state index contributed by atoms with van der Waals surface area (Å²) in [6.45, 7) is 4.45. The van der Waals surface area contributed by atoms with Crippen molar-refractivity contribution in [1.29, 1.82) is 0 Å². The predicted octanol–water partition coefficient (Wildman–Crippen LogP) is 0.944. The summed E-state index contributed by atoms with van der Waals surface area (Å²) in [6, 6.07) is 0. The highest BCUT2D eigenvalue weighted by Gasteiger charge is 2.23. The molecule has 10 heavy (non-hydrogen) atoms. The highest BCUT2D eigenvalue weighted by Crippen LogP contribution is 2.12. The van der Waals surface area contributed by atoms with Crippen LogP contribution in [0.4, 0.5) is 0 Å². The average Bonchev–Trinajstić information content (AvgIpc) is 1.84. The van der Waals surface area contributed by atoms with Crippen molar-refractivity contribution in [3.05, 3.63) is 0 Å². The van der Waals surface area contributed by atoms with E-state index in [1.165, 1.54) is 0 Å². The molecule has 0 rings (SSSR count). The van der Waals surface area contributed by atoms with Crippen LogP contribution in [0.2, 0.25) is 0 Å². The van der Waals surface area contributed by atoms with Crippen LogP contribution in [-0.2, 0) is 9.47 Å². The number of halogens is 1. The molecule has 0 aliphatic rings. The number of rotatable bonds is 5. The first-order valence-corrected chi connectivity index (χ1v) is 3.63. The molecule has 0 fully saturated rings. The molecule has 0 spiro atoms. The predicted molar refractivity (Wildman–Crippen MR) is 38.9 cm³/mol. The van der Waals surface area contributed by atoms with E-state index in [0.29, 0.717) is 13.2 Å². The Hall–Kier alpha value is 0.170. The summed E-state index contributed by atoms with van der Waals surface area (Å²) in [5, 5.41) is 7.42. The third-order valence-electron chi connectivity index (χ3n) is 0.850. The fourth-order valence-electron chi connectivity index (χ4n) is 0.491. The second-order valence-electron chi connectivity index (χ2n) is 1.76. The van der Waals surface area contributed by atoms with Crippen molar-refractivity contribution in [2.45, 2.75) is 19.1 Å². The van der Waals surface area contributed by atoms with E-state index in [1.54, 1.807) is 6.92 Å². The Labute approximate surface area is 65.9 Å². The SMILES string of the molecule is CCOCC(O)(Cl)OCC. The second-order valence-corrected chi connectivity index (χ2v) is 2.35. The summed E-state index contributed by atoms with van der Waals surface area (Å²) in [4.78, 5) is 0. The first kappa shape index (κ1) is 10.2. The number of aliphatic hydroxyl groups is 1. The molecule has 1 unspecified atom stereocenters. The summed E-state index contributed by atoms with van der Waals surface area (Å²) in [5.74, 6) is 0. The van der Waals surface area contributed by atoms with Gasteiger partial charge >= 0.3 is 0 Å². The fraction of sp³-hybridized carbons (Fsp3) is 1.00. The van der Waals surface area contributed by atoms with Crippen molar-refractivity contribution in [1.82, 2.24) is 0 Å². The van der Waals surface area contributed by atoms with Crippen molar-refractivity contribution in [3.8, 4) is 0 Å². The lowest BCUT2D eigenvalue weighted by Gasteiger charge is -2.19. The van der Waals surface area contributed by atoms with Gasteiger partial charge in [0.1, 0.15) is 6.61 Å². The largest absolute Gasteiger partial charge is 0.375 e. The van der Waals surface area contributed by atoms with Gasteiger partial charge in [-0.3, -0.25) is 0 Å². The van der Waals surface area contributed by atoms with Crippen LogP contribution >= 0.6 is 11.6 Å². The van der Waals surface area contributed by atoms with Gasteiger partial charge in [0, 0.05) is 13.2 Å². The molecular weight excluding hydrogens is 156 g/mol. The molecule has 0 amide bonds. The van der Waals surface area contributed by atoms with E-state index in [2.05, 4.69) is 0 Å². The van der Waals surface area contributed by atoms with Gasteiger partial charge in [-0.1, -0.05) is 11.6 Å². The van der Waals surface area contributed by atoms with Crippen molar-refractivity contribution < 1.29 is 14.6 Å². The summed E-state index contributed by atoms with van der Waals surface area (Å²) in [7, 11) is 0. The zero-order valence-corrected chi connectivity index (χ0v) is 7.02. The number of hydrogen-bond acceptors (Lipinski definition) is 3. The quantitative estimate of drug-likeness (QED) is 0.491. The number of alkyl halides is 1. The lowest BCUT2D eigenvalue weighted by atomic mass is 10.6. The molecule has 0 aliphatic carbocycles. The van der Waals surface area contributed by atoms with Gasteiger partial charge in [-0.05, 0) is 13.8 Å².